The molecule has 4 fully saturated rings. The molecule has 0 spiro atoms. The Kier molecular flexibility index (Phi) is 3.02. The largest absolute Gasteiger partial charge is 0.327 e. The summed E-state index contributed by atoms with van der Waals surface area (Å²) in [4.78, 5) is 0. The Balaban J connectivity index is 1.57. The zero-order chi connectivity index (χ0) is 14.7. The van der Waals surface area contributed by atoms with E-state index in [0.717, 1.165) is 18.3 Å². The van der Waals surface area contributed by atoms with Crippen molar-refractivity contribution in [3.8, 4) is 0 Å². The van der Waals surface area contributed by atoms with Gasteiger partial charge in [0.15, 0.2) is 0 Å². The van der Waals surface area contributed by atoms with Crippen molar-refractivity contribution >= 4 is 0 Å². The van der Waals surface area contributed by atoms with Crippen molar-refractivity contribution in [2.24, 2.45) is 28.4 Å². The van der Waals surface area contributed by atoms with E-state index in [9.17, 15) is 0 Å². The first-order valence-electron chi connectivity index (χ1n) is 8.78. The number of hydrogen-bond donors (Lipinski definition) is 1. The Morgan fingerprint density at radius 3 is 2.52 bits per heavy atom. The van der Waals surface area contributed by atoms with Gasteiger partial charge in [-0.2, -0.15) is 0 Å². The van der Waals surface area contributed by atoms with E-state index in [4.69, 9.17) is 5.73 Å². The molecular weight excluding hydrogens is 254 g/mol. The molecule has 2 N–H and O–H groups in total. The smallest absolute Gasteiger partial charge is 0.0137 e. The molecule has 1 heteroatoms. The first kappa shape index (κ1) is 13.8. The van der Waals surface area contributed by atoms with Crippen molar-refractivity contribution in [1.29, 1.82) is 0 Å². The summed E-state index contributed by atoms with van der Waals surface area (Å²) in [5.74, 6) is 1.94. The van der Waals surface area contributed by atoms with E-state index in [1.54, 1.807) is 0 Å². The average Bonchev–Trinajstić information content (AvgIpc) is 2.35. The van der Waals surface area contributed by atoms with Gasteiger partial charge in [0.05, 0.1) is 0 Å². The number of nitrogens with two attached hydrogens (primary N) is 1. The van der Waals surface area contributed by atoms with Crippen LogP contribution in [0.1, 0.15) is 56.6 Å². The van der Waals surface area contributed by atoms with Gasteiger partial charge in [0.25, 0.3) is 0 Å². The molecule has 0 saturated heterocycles. The van der Waals surface area contributed by atoms with Crippen molar-refractivity contribution in [2.75, 3.05) is 0 Å². The summed E-state index contributed by atoms with van der Waals surface area (Å²) in [6, 6.07) is 9.29. The van der Waals surface area contributed by atoms with Crippen molar-refractivity contribution in [3.05, 3.63) is 35.4 Å². The second-order valence-corrected chi connectivity index (χ2v) is 8.93. The van der Waals surface area contributed by atoms with Crippen molar-refractivity contribution in [2.45, 2.75) is 64.8 Å². The van der Waals surface area contributed by atoms with Crippen molar-refractivity contribution in [3.63, 3.8) is 0 Å². The summed E-state index contributed by atoms with van der Waals surface area (Å²) in [6.07, 6.45) is 9.72. The van der Waals surface area contributed by atoms with E-state index in [-0.39, 0.29) is 0 Å². The maximum absolute atomic E-state index is 6.81. The normalized spacial score (nSPS) is 42.2. The predicted molar refractivity (Wildman–Crippen MR) is 88.1 cm³/mol. The zero-order valence-corrected chi connectivity index (χ0v) is 13.6. The quantitative estimate of drug-likeness (QED) is 0.870. The Labute approximate surface area is 129 Å². The molecule has 21 heavy (non-hydrogen) atoms. The van der Waals surface area contributed by atoms with Crippen LogP contribution in [0.25, 0.3) is 0 Å². The van der Waals surface area contributed by atoms with Crippen LogP contribution in [0, 0.1) is 29.6 Å². The van der Waals surface area contributed by atoms with Gasteiger partial charge in [0.1, 0.15) is 0 Å². The minimum Gasteiger partial charge on any atom is -0.327 e. The van der Waals surface area contributed by atoms with E-state index in [0.29, 0.717) is 16.9 Å². The minimum atomic E-state index is 0.351. The molecule has 114 valence electrons. The number of hydrogen-bond acceptors (Lipinski definition) is 1. The molecule has 1 aromatic rings. The van der Waals surface area contributed by atoms with E-state index < -0.39 is 0 Å². The van der Waals surface area contributed by atoms with E-state index in [2.05, 4.69) is 38.1 Å². The molecule has 4 bridgehead atoms. The van der Waals surface area contributed by atoms with Crippen LogP contribution in [0.4, 0.5) is 0 Å². The molecule has 3 atom stereocenters. The van der Waals surface area contributed by atoms with Gasteiger partial charge < -0.3 is 5.73 Å². The highest BCUT2D eigenvalue weighted by Gasteiger charge is 2.57. The number of rotatable bonds is 3. The lowest BCUT2D eigenvalue weighted by molar-refractivity contribution is -0.112. The molecule has 0 aromatic heterocycles. The lowest BCUT2D eigenvalue weighted by Crippen LogP contribution is -2.58. The van der Waals surface area contributed by atoms with Crippen molar-refractivity contribution < 1.29 is 0 Å². The Hall–Kier alpha value is -0.820. The number of aryl methyl sites for hydroxylation is 1. The Morgan fingerprint density at radius 1 is 1.19 bits per heavy atom. The van der Waals surface area contributed by atoms with Gasteiger partial charge in [-0.15, -0.1) is 0 Å². The molecule has 0 radical (unpaired) electrons. The fraction of sp³-hybridized carbons (Fsp3) is 0.700. The highest BCUT2D eigenvalue weighted by molar-refractivity contribution is 5.24. The lowest BCUT2D eigenvalue weighted by Gasteiger charge is -2.63. The van der Waals surface area contributed by atoms with Gasteiger partial charge in [-0.3, -0.25) is 0 Å². The van der Waals surface area contributed by atoms with Gasteiger partial charge in [0.2, 0.25) is 0 Å². The topological polar surface area (TPSA) is 26.0 Å². The van der Waals surface area contributed by atoms with Crippen LogP contribution >= 0.6 is 0 Å². The highest BCUT2D eigenvalue weighted by atomic mass is 14.7. The molecule has 5 rings (SSSR count). The Morgan fingerprint density at radius 2 is 1.90 bits per heavy atom. The van der Waals surface area contributed by atoms with Crippen LogP contribution in [-0.4, -0.2) is 6.04 Å². The second kappa shape index (κ2) is 4.59. The van der Waals surface area contributed by atoms with Crippen molar-refractivity contribution in [1.82, 2.24) is 0 Å². The summed E-state index contributed by atoms with van der Waals surface area (Å²) in [6.45, 7) is 4.72. The lowest BCUT2D eigenvalue weighted by atomic mass is 9.43. The summed E-state index contributed by atoms with van der Waals surface area (Å²) >= 11 is 0. The summed E-state index contributed by atoms with van der Waals surface area (Å²) in [5.41, 5.74) is 10.7. The third-order valence-corrected chi connectivity index (χ3v) is 6.72. The van der Waals surface area contributed by atoms with E-state index in [1.165, 1.54) is 49.7 Å². The number of benzene rings is 1. The summed E-state index contributed by atoms with van der Waals surface area (Å²) in [5, 5.41) is 0. The standard InChI is InChI=1S/C20H29N/c1-14-4-3-5-15(6-14)8-18(21)20-11-16-7-17(12-20)10-19(2,9-16)13-20/h3-6,16-18H,7-13,21H2,1-2H3. The molecule has 1 nitrogen and oxygen atoms in total. The van der Waals surface area contributed by atoms with Gasteiger partial charge in [-0.05, 0) is 80.1 Å². The second-order valence-electron chi connectivity index (χ2n) is 8.93. The van der Waals surface area contributed by atoms with Crippen LogP contribution in [0.15, 0.2) is 24.3 Å². The average molecular weight is 283 g/mol. The summed E-state index contributed by atoms with van der Waals surface area (Å²) < 4.78 is 0. The van der Waals surface area contributed by atoms with Crippen LogP contribution in [-0.2, 0) is 6.42 Å². The van der Waals surface area contributed by atoms with Crippen LogP contribution in [0.5, 0.6) is 0 Å². The molecule has 0 aliphatic heterocycles. The first-order valence-corrected chi connectivity index (χ1v) is 8.78. The molecule has 0 heterocycles. The van der Waals surface area contributed by atoms with Crippen LogP contribution in [0.2, 0.25) is 0 Å². The predicted octanol–water partition coefficient (Wildman–Crippen LogP) is 4.47. The molecule has 1 aromatic carbocycles. The SMILES string of the molecule is Cc1cccc(CC(N)C23CC4CC(CC(C)(C4)C2)C3)c1. The molecule has 4 aliphatic carbocycles. The zero-order valence-electron chi connectivity index (χ0n) is 13.6. The fourth-order valence-electron chi connectivity index (χ4n) is 6.54. The minimum absolute atomic E-state index is 0.351. The van der Waals surface area contributed by atoms with E-state index in [1.807, 2.05) is 0 Å². The first-order chi connectivity index (χ1) is 9.96. The fourth-order valence-corrected chi connectivity index (χ4v) is 6.54. The monoisotopic (exact) mass is 283 g/mol. The molecule has 4 aliphatic rings. The maximum Gasteiger partial charge on any atom is 0.0137 e. The van der Waals surface area contributed by atoms with Crippen LogP contribution in [0.3, 0.4) is 0 Å². The molecule has 4 saturated carbocycles. The van der Waals surface area contributed by atoms with Gasteiger partial charge in [0, 0.05) is 6.04 Å². The van der Waals surface area contributed by atoms with Gasteiger partial charge >= 0.3 is 0 Å². The molecule has 0 amide bonds. The summed E-state index contributed by atoms with van der Waals surface area (Å²) in [7, 11) is 0. The van der Waals surface area contributed by atoms with Gasteiger partial charge in [-0.1, -0.05) is 36.8 Å². The van der Waals surface area contributed by atoms with E-state index >= 15 is 0 Å². The third-order valence-electron chi connectivity index (χ3n) is 6.72. The third kappa shape index (κ3) is 2.34. The maximum atomic E-state index is 6.81. The molecule has 3 unspecified atom stereocenters. The van der Waals surface area contributed by atoms with Gasteiger partial charge in [-0.25, -0.2) is 0 Å². The van der Waals surface area contributed by atoms with Crippen LogP contribution < -0.4 is 5.73 Å². The Bertz CT molecular complexity index is 533. The highest BCUT2D eigenvalue weighted by Crippen LogP contribution is 2.66. The molecular formula is C20H29N.